The normalized spacial score (nSPS) is 11.4. The quantitative estimate of drug-likeness (QED) is 0.459. The monoisotopic (exact) mass is 405 g/mol. The highest BCUT2D eigenvalue weighted by Crippen LogP contribution is 2.08. The fraction of sp³-hybridized carbons (Fsp3) is 0.125. The lowest BCUT2D eigenvalue weighted by molar-refractivity contribution is -0.144. The van der Waals surface area contributed by atoms with E-state index in [4.69, 9.17) is 4.74 Å². The molecule has 0 radical (unpaired) electrons. The number of nitrogens with one attached hydrogen (secondary N) is 1. The number of amides is 1. The molecule has 1 atom stereocenters. The standard InChI is InChI=1S/C24H20FNO4/c25-20-13-11-18(12-14-20)22(27)16-30-24(29)21(15-17-7-3-1-4-8-17)26-23(28)19-9-5-2-6-10-19/h1-14,21H,15-16H2,(H,26,28)/t21-/m1/s1. The highest BCUT2D eigenvalue weighted by Gasteiger charge is 2.24. The Morgan fingerprint density at radius 2 is 1.40 bits per heavy atom. The Kier molecular flexibility index (Phi) is 7.05. The number of Topliss-reactive ketones (excluding diaryl/α,β-unsaturated/α-hetero) is 1. The van der Waals surface area contributed by atoms with Gasteiger partial charge in [0.2, 0.25) is 0 Å². The Balaban J connectivity index is 1.68. The summed E-state index contributed by atoms with van der Waals surface area (Å²) in [6.45, 7) is -0.503. The molecule has 6 heteroatoms. The van der Waals surface area contributed by atoms with E-state index in [2.05, 4.69) is 5.32 Å². The molecule has 1 amide bonds. The van der Waals surface area contributed by atoms with E-state index < -0.39 is 36.1 Å². The molecule has 0 aromatic heterocycles. The summed E-state index contributed by atoms with van der Waals surface area (Å²) < 4.78 is 18.2. The zero-order chi connectivity index (χ0) is 21.3. The Morgan fingerprint density at radius 3 is 2.03 bits per heavy atom. The maximum Gasteiger partial charge on any atom is 0.329 e. The second-order valence-corrected chi connectivity index (χ2v) is 6.62. The van der Waals surface area contributed by atoms with Crippen molar-refractivity contribution in [1.29, 1.82) is 0 Å². The van der Waals surface area contributed by atoms with Gasteiger partial charge in [0.05, 0.1) is 0 Å². The number of ether oxygens (including phenoxy) is 1. The minimum atomic E-state index is -0.971. The van der Waals surface area contributed by atoms with Crippen molar-refractivity contribution in [2.75, 3.05) is 6.61 Å². The van der Waals surface area contributed by atoms with Crippen LogP contribution in [0.15, 0.2) is 84.9 Å². The van der Waals surface area contributed by atoms with Crippen molar-refractivity contribution in [3.8, 4) is 0 Å². The van der Waals surface area contributed by atoms with Crippen molar-refractivity contribution in [3.63, 3.8) is 0 Å². The molecule has 0 bridgehead atoms. The average molecular weight is 405 g/mol. The van der Waals surface area contributed by atoms with Gasteiger partial charge in [0.15, 0.2) is 12.4 Å². The molecule has 3 aromatic carbocycles. The summed E-state index contributed by atoms with van der Waals surface area (Å²) in [5.41, 5.74) is 1.47. The van der Waals surface area contributed by atoms with Crippen LogP contribution >= 0.6 is 0 Å². The molecule has 0 unspecified atom stereocenters. The number of ketones is 1. The lowest BCUT2D eigenvalue weighted by atomic mass is 10.1. The number of rotatable bonds is 8. The van der Waals surface area contributed by atoms with Crippen molar-refractivity contribution < 1.29 is 23.5 Å². The number of carbonyl (C=O) groups excluding carboxylic acids is 3. The molecule has 0 aliphatic carbocycles. The zero-order valence-electron chi connectivity index (χ0n) is 16.1. The number of carbonyl (C=O) groups is 3. The van der Waals surface area contributed by atoms with E-state index >= 15 is 0 Å². The predicted octanol–water partition coefficient (Wildman–Crippen LogP) is 3.59. The Bertz CT molecular complexity index is 1000. The van der Waals surface area contributed by atoms with E-state index in [1.807, 2.05) is 30.3 Å². The SMILES string of the molecule is O=C(COC(=O)[C@@H](Cc1ccccc1)NC(=O)c1ccccc1)c1ccc(F)cc1. The van der Waals surface area contributed by atoms with E-state index in [1.54, 1.807) is 30.3 Å². The second-order valence-electron chi connectivity index (χ2n) is 6.62. The van der Waals surface area contributed by atoms with Gasteiger partial charge in [-0.25, -0.2) is 9.18 Å². The highest BCUT2D eigenvalue weighted by molar-refractivity contribution is 5.99. The number of hydrogen-bond donors (Lipinski definition) is 1. The maximum absolute atomic E-state index is 13.0. The van der Waals surface area contributed by atoms with E-state index in [9.17, 15) is 18.8 Å². The van der Waals surface area contributed by atoms with Crippen LogP contribution in [0.3, 0.4) is 0 Å². The third-order valence-corrected chi connectivity index (χ3v) is 4.42. The first-order chi connectivity index (χ1) is 14.5. The van der Waals surface area contributed by atoms with Crippen LogP contribution in [0.4, 0.5) is 4.39 Å². The first-order valence-corrected chi connectivity index (χ1v) is 9.38. The van der Waals surface area contributed by atoms with Gasteiger partial charge < -0.3 is 10.1 Å². The third kappa shape index (κ3) is 5.85. The number of halogens is 1. The van der Waals surface area contributed by atoms with E-state index in [-0.39, 0.29) is 12.0 Å². The van der Waals surface area contributed by atoms with Gasteiger partial charge in [0.1, 0.15) is 11.9 Å². The topological polar surface area (TPSA) is 72.5 Å². The van der Waals surface area contributed by atoms with Gasteiger partial charge in [-0.2, -0.15) is 0 Å². The lowest BCUT2D eigenvalue weighted by Gasteiger charge is -2.18. The molecule has 152 valence electrons. The van der Waals surface area contributed by atoms with Crippen LogP contribution in [-0.4, -0.2) is 30.3 Å². The van der Waals surface area contributed by atoms with Crippen molar-refractivity contribution >= 4 is 17.7 Å². The van der Waals surface area contributed by atoms with E-state index in [0.717, 1.165) is 17.7 Å². The summed E-state index contributed by atoms with van der Waals surface area (Å²) >= 11 is 0. The van der Waals surface area contributed by atoms with E-state index in [1.165, 1.54) is 12.1 Å². The summed E-state index contributed by atoms with van der Waals surface area (Å²) in [7, 11) is 0. The molecular weight excluding hydrogens is 385 g/mol. The molecule has 5 nitrogen and oxygen atoms in total. The second kappa shape index (κ2) is 10.1. The van der Waals surface area contributed by atoms with Gasteiger partial charge >= 0.3 is 5.97 Å². The summed E-state index contributed by atoms with van der Waals surface area (Å²) in [6, 6.07) is 21.7. The van der Waals surface area contributed by atoms with Crippen LogP contribution in [0.25, 0.3) is 0 Å². The van der Waals surface area contributed by atoms with Crippen LogP contribution < -0.4 is 5.32 Å². The van der Waals surface area contributed by atoms with Gasteiger partial charge in [-0.05, 0) is 42.0 Å². The maximum atomic E-state index is 13.0. The highest BCUT2D eigenvalue weighted by atomic mass is 19.1. The number of esters is 1. The number of hydrogen-bond acceptors (Lipinski definition) is 4. The minimum absolute atomic E-state index is 0.211. The number of benzene rings is 3. The van der Waals surface area contributed by atoms with Crippen molar-refractivity contribution in [2.24, 2.45) is 0 Å². The Labute approximate surface area is 173 Å². The smallest absolute Gasteiger partial charge is 0.329 e. The largest absolute Gasteiger partial charge is 0.456 e. The van der Waals surface area contributed by atoms with Crippen molar-refractivity contribution in [3.05, 3.63) is 107 Å². The van der Waals surface area contributed by atoms with Crippen LogP contribution in [0.2, 0.25) is 0 Å². The van der Waals surface area contributed by atoms with Crippen LogP contribution in [0, 0.1) is 5.82 Å². The van der Waals surface area contributed by atoms with E-state index in [0.29, 0.717) is 5.56 Å². The summed E-state index contributed by atoms with van der Waals surface area (Å²) in [6.07, 6.45) is 0.211. The third-order valence-electron chi connectivity index (χ3n) is 4.42. The molecule has 3 aromatic rings. The minimum Gasteiger partial charge on any atom is -0.456 e. The Morgan fingerprint density at radius 1 is 0.800 bits per heavy atom. The molecule has 30 heavy (non-hydrogen) atoms. The molecule has 0 saturated carbocycles. The van der Waals surface area contributed by atoms with Gasteiger partial charge in [-0.1, -0.05) is 48.5 Å². The molecule has 0 aliphatic rings. The zero-order valence-corrected chi connectivity index (χ0v) is 16.1. The molecule has 0 aliphatic heterocycles. The lowest BCUT2D eigenvalue weighted by Crippen LogP contribution is -2.43. The average Bonchev–Trinajstić information content (AvgIpc) is 2.78. The molecule has 0 saturated heterocycles. The molecule has 1 N–H and O–H groups in total. The molecule has 3 rings (SSSR count). The molecular formula is C24H20FNO4. The van der Waals surface area contributed by atoms with Gasteiger partial charge in [-0.3, -0.25) is 9.59 Å². The summed E-state index contributed by atoms with van der Waals surface area (Å²) in [5, 5.41) is 2.68. The van der Waals surface area contributed by atoms with Crippen LogP contribution in [0.1, 0.15) is 26.3 Å². The Hall–Kier alpha value is -3.80. The first-order valence-electron chi connectivity index (χ1n) is 9.38. The van der Waals surface area contributed by atoms with Gasteiger partial charge in [0.25, 0.3) is 5.91 Å². The van der Waals surface area contributed by atoms with Crippen LogP contribution in [-0.2, 0) is 16.0 Å². The first kappa shape index (κ1) is 20.9. The van der Waals surface area contributed by atoms with Crippen molar-refractivity contribution in [1.82, 2.24) is 5.32 Å². The van der Waals surface area contributed by atoms with Crippen LogP contribution in [0.5, 0.6) is 0 Å². The molecule has 0 fully saturated rings. The predicted molar refractivity (Wildman–Crippen MR) is 110 cm³/mol. The molecule has 0 spiro atoms. The van der Waals surface area contributed by atoms with Crippen molar-refractivity contribution in [2.45, 2.75) is 12.5 Å². The summed E-state index contributed by atoms with van der Waals surface area (Å²) in [5.74, 6) is -2.07. The fourth-order valence-corrected chi connectivity index (χ4v) is 2.83. The fourth-order valence-electron chi connectivity index (χ4n) is 2.83. The van der Waals surface area contributed by atoms with Gasteiger partial charge in [0, 0.05) is 17.5 Å². The molecule has 0 heterocycles. The summed E-state index contributed by atoms with van der Waals surface area (Å²) in [4.78, 5) is 37.4. The van der Waals surface area contributed by atoms with Gasteiger partial charge in [-0.15, -0.1) is 0 Å².